The smallest absolute Gasteiger partial charge is 0.255 e. The van der Waals surface area contributed by atoms with Crippen molar-refractivity contribution in [2.24, 2.45) is 0 Å². The van der Waals surface area contributed by atoms with E-state index < -0.39 is 0 Å². The van der Waals surface area contributed by atoms with Crippen LogP contribution in [0.1, 0.15) is 27.9 Å². The van der Waals surface area contributed by atoms with Gasteiger partial charge in [-0.15, -0.1) is 0 Å². The van der Waals surface area contributed by atoms with Crippen LogP contribution in [-0.4, -0.2) is 18.9 Å². The fraction of sp³-hybridized carbons (Fsp3) is 0.222. The molecule has 5 heteroatoms. The molecule has 0 unspecified atom stereocenters. The van der Waals surface area contributed by atoms with Gasteiger partial charge in [-0.1, -0.05) is 6.07 Å². The Balaban J connectivity index is 1.84. The third-order valence-electron chi connectivity index (χ3n) is 3.87. The highest BCUT2D eigenvalue weighted by Gasteiger charge is 2.17. The van der Waals surface area contributed by atoms with Gasteiger partial charge in [0.15, 0.2) is 0 Å². The van der Waals surface area contributed by atoms with E-state index in [2.05, 4.69) is 10.6 Å². The number of carbonyl (C=O) groups excluding carboxylic acids is 2. The first-order valence-corrected chi connectivity index (χ1v) is 7.45. The second kappa shape index (κ2) is 6.12. The highest BCUT2D eigenvalue weighted by molar-refractivity contribution is 6.06. The molecule has 0 fully saturated rings. The number of amides is 2. The number of ether oxygens (including phenoxy) is 1. The lowest BCUT2D eigenvalue weighted by molar-refractivity contribution is -0.116. The van der Waals surface area contributed by atoms with E-state index in [0.717, 1.165) is 16.8 Å². The molecule has 0 radical (unpaired) electrons. The molecule has 5 nitrogen and oxygen atoms in total. The molecule has 1 aliphatic rings. The molecular formula is C18H18N2O3. The molecule has 0 saturated heterocycles. The van der Waals surface area contributed by atoms with Crippen LogP contribution in [0.5, 0.6) is 5.75 Å². The van der Waals surface area contributed by atoms with Crippen LogP contribution in [0.2, 0.25) is 0 Å². The first kappa shape index (κ1) is 15.1. The van der Waals surface area contributed by atoms with Crippen molar-refractivity contribution in [1.82, 2.24) is 0 Å². The number of aryl methyl sites for hydroxylation is 2. The summed E-state index contributed by atoms with van der Waals surface area (Å²) in [5.74, 6) is 0.432. The normalized spacial score (nSPS) is 13.0. The van der Waals surface area contributed by atoms with Gasteiger partial charge in [-0.25, -0.2) is 0 Å². The third-order valence-corrected chi connectivity index (χ3v) is 3.87. The summed E-state index contributed by atoms with van der Waals surface area (Å²) in [6.45, 7) is 1.96. The zero-order chi connectivity index (χ0) is 16.4. The minimum Gasteiger partial charge on any atom is -0.495 e. The summed E-state index contributed by atoms with van der Waals surface area (Å²) < 4.78 is 5.28. The van der Waals surface area contributed by atoms with Crippen LogP contribution in [0.25, 0.3) is 0 Å². The lowest BCUT2D eigenvalue weighted by Gasteiger charge is -2.17. The number of benzene rings is 2. The molecule has 0 atom stereocenters. The van der Waals surface area contributed by atoms with E-state index in [4.69, 9.17) is 4.74 Å². The van der Waals surface area contributed by atoms with Crippen LogP contribution in [0.3, 0.4) is 0 Å². The molecule has 0 aromatic heterocycles. The Labute approximate surface area is 134 Å². The van der Waals surface area contributed by atoms with E-state index in [-0.39, 0.29) is 11.8 Å². The molecular weight excluding hydrogens is 292 g/mol. The number of hydrogen-bond acceptors (Lipinski definition) is 3. The zero-order valence-corrected chi connectivity index (χ0v) is 13.1. The maximum absolute atomic E-state index is 12.5. The number of hydrogen-bond donors (Lipinski definition) is 2. The first-order chi connectivity index (χ1) is 11.1. The van der Waals surface area contributed by atoms with Crippen LogP contribution < -0.4 is 15.4 Å². The van der Waals surface area contributed by atoms with Gasteiger partial charge in [-0.2, -0.15) is 0 Å². The molecule has 0 aliphatic carbocycles. The second-order valence-electron chi connectivity index (χ2n) is 5.58. The average molecular weight is 310 g/mol. The number of carbonyl (C=O) groups is 2. The SMILES string of the molecule is COc1ccc(C)cc1NC(=O)c1ccc2c(c1)CCC(=O)N2. The largest absolute Gasteiger partial charge is 0.495 e. The van der Waals surface area contributed by atoms with E-state index in [9.17, 15) is 9.59 Å². The molecule has 118 valence electrons. The van der Waals surface area contributed by atoms with Gasteiger partial charge in [0.1, 0.15) is 5.75 Å². The van der Waals surface area contributed by atoms with Crippen LogP contribution in [-0.2, 0) is 11.2 Å². The Hall–Kier alpha value is -2.82. The van der Waals surface area contributed by atoms with E-state index in [1.54, 1.807) is 19.2 Å². The maximum Gasteiger partial charge on any atom is 0.255 e. The van der Waals surface area contributed by atoms with Crippen molar-refractivity contribution < 1.29 is 14.3 Å². The third kappa shape index (κ3) is 3.18. The molecule has 3 rings (SSSR count). The quantitative estimate of drug-likeness (QED) is 0.915. The summed E-state index contributed by atoms with van der Waals surface area (Å²) in [5.41, 5.74) is 4.00. The Bertz CT molecular complexity index is 784. The fourth-order valence-corrected chi connectivity index (χ4v) is 2.64. The van der Waals surface area contributed by atoms with Gasteiger partial charge in [0.2, 0.25) is 5.91 Å². The number of rotatable bonds is 3. The van der Waals surface area contributed by atoms with Gasteiger partial charge in [-0.05, 0) is 54.8 Å². The van der Waals surface area contributed by atoms with Crippen molar-refractivity contribution >= 4 is 23.2 Å². The predicted octanol–water partition coefficient (Wildman–Crippen LogP) is 3.14. The van der Waals surface area contributed by atoms with Crippen LogP contribution in [0.15, 0.2) is 36.4 Å². The van der Waals surface area contributed by atoms with E-state index in [1.165, 1.54) is 0 Å². The van der Waals surface area contributed by atoms with Crippen molar-refractivity contribution in [3.05, 3.63) is 53.1 Å². The predicted molar refractivity (Wildman–Crippen MR) is 89.1 cm³/mol. The highest BCUT2D eigenvalue weighted by atomic mass is 16.5. The number of fused-ring (bicyclic) bond motifs is 1. The molecule has 23 heavy (non-hydrogen) atoms. The topological polar surface area (TPSA) is 67.4 Å². The highest BCUT2D eigenvalue weighted by Crippen LogP contribution is 2.27. The minimum atomic E-state index is -0.200. The Morgan fingerprint density at radius 1 is 1.17 bits per heavy atom. The summed E-state index contributed by atoms with van der Waals surface area (Å²) in [5, 5.41) is 5.69. The van der Waals surface area contributed by atoms with Gasteiger partial charge < -0.3 is 15.4 Å². The molecule has 0 bridgehead atoms. The summed E-state index contributed by atoms with van der Waals surface area (Å²) in [6.07, 6.45) is 1.10. The molecule has 2 amide bonds. The van der Waals surface area contributed by atoms with Gasteiger partial charge in [0.25, 0.3) is 5.91 Å². The Morgan fingerprint density at radius 2 is 2.00 bits per heavy atom. The first-order valence-electron chi connectivity index (χ1n) is 7.45. The molecule has 0 spiro atoms. The van der Waals surface area contributed by atoms with Gasteiger partial charge >= 0.3 is 0 Å². The summed E-state index contributed by atoms with van der Waals surface area (Å²) in [6, 6.07) is 10.9. The fourth-order valence-electron chi connectivity index (χ4n) is 2.64. The van der Waals surface area contributed by atoms with Crippen molar-refractivity contribution in [2.45, 2.75) is 19.8 Å². The van der Waals surface area contributed by atoms with E-state index in [0.29, 0.717) is 29.8 Å². The number of methoxy groups -OCH3 is 1. The average Bonchev–Trinajstić information content (AvgIpc) is 2.54. The minimum absolute atomic E-state index is 0.0131. The molecule has 2 N–H and O–H groups in total. The monoisotopic (exact) mass is 310 g/mol. The standard InChI is InChI=1S/C18H18N2O3/c1-11-3-7-16(23-2)15(9-11)20-18(22)13-4-6-14-12(10-13)5-8-17(21)19-14/h3-4,6-7,9-10H,5,8H2,1-2H3,(H,19,21)(H,20,22). The molecule has 0 saturated carbocycles. The van der Waals surface area contributed by atoms with Crippen molar-refractivity contribution in [3.63, 3.8) is 0 Å². The van der Waals surface area contributed by atoms with Crippen molar-refractivity contribution in [1.29, 1.82) is 0 Å². The molecule has 2 aromatic carbocycles. The van der Waals surface area contributed by atoms with Crippen LogP contribution >= 0.6 is 0 Å². The lowest BCUT2D eigenvalue weighted by Crippen LogP contribution is -2.20. The second-order valence-corrected chi connectivity index (χ2v) is 5.58. The summed E-state index contributed by atoms with van der Waals surface area (Å²) in [7, 11) is 1.57. The summed E-state index contributed by atoms with van der Waals surface area (Å²) >= 11 is 0. The van der Waals surface area contributed by atoms with Crippen molar-refractivity contribution in [2.75, 3.05) is 17.7 Å². The van der Waals surface area contributed by atoms with Crippen molar-refractivity contribution in [3.8, 4) is 5.75 Å². The molecule has 2 aromatic rings. The molecule has 1 heterocycles. The number of nitrogens with one attached hydrogen (secondary N) is 2. The summed E-state index contributed by atoms with van der Waals surface area (Å²) in [4.78, 5) is 23.9. The Morgan fingerprint density at radius 3 is 2.78 bits per heavy atom. The Kier molecular flexibility index (Phi) is 4.02. The van der Waals surface area contributed by atoms with Crippen LogP contribution in [0, 0.1) is 6.92 Å². The van der Waals surface area contributed by atoms with E-state index >= 15 is 0 Å². The van der Waals surface area contributed by atoms with Crippen LogP contribution in [0.4, 0.5) is 11.4 Å². The van der Waals surface area contributed by atoms with Gasteiger partial charge in [0, 0.05) is 17.7 Å². The molecule has 1 aliphatic heterocycles. The van der Waals surface area contributed by atoms with Gasteiger partial charge in [-0.3, -0.25) is 9.59 Å². The van der Waals surface area contributed by atoms with E-state index in [1.807, 2.05) is 31.2 Å². The number of anilines is 2. The zero-order valence-electron chi connectivity index (χ0n) is 13.1. The van der Waals surface area contributed by atoms with Gasteiger partial charge in [0.05, 0.1) is 12.8 Å². The maximum atomic E-state index is 12.5. The lowest BCUT2D eigenvalue weighted by atomic mass is 10.00.